The lowest BCUT2D eigenvalue weighted by Gasteiger charge is -2.26. The van der Waals surface area contributed by atoms with Gasteiger partial charge < -0.3 is 15.2 Å². The largest absolute Gasteiger partial charge is 0.367 e. The molecule has 0 aromatic carbocycles. The van der Waals surface area contributed by atoms with Crippen molar-refractivity contribution in [3.05, 3.63) is 30.1 Å². The number of aromatic nitrogens is 1. The summed E-state index contributed by atoms with van der Waals surface area (Å²) in [6, 6.07) is 2.08. The van der Waals surface area contributed by atoms with Crippen LogP contribution in [0.25, 0.3) is 6.08 Å². The minimum absolute atomic E-state index is 1.14. The van der Waals surface area contributed by atoms with Gasteiger partial charge in [-0.15, -0.1) is 0 Å². The van der Waals surface area contributed by atoms with Gasteiger partial charge in [-0.05, 0) is 18.1 Å². The second-order valence-electron chi connectivity index (χ2n) is 3.93. The third-order valence-corrected chi connectivity index (χ3v) is 2.75. The lowest BCUT2D eigenvalue weighted by Crippen LogP contribution is -2.43. The van der Waals surface area contributed by atoms with Gasteiger partial charge in [0.05, 0.1) is 0 Å². The quantitative estimate of drug-likeness (QED) is 0.777. The molecule has 82 valence electrons. The molecule has 2 N–H and O–H groups in total. The molecule has 0 unspecified atom stereocenters. The van der Waals surface area contributed by atoms with Crippen LogP contribution in [0.15, 0.2) is 24.5 Å². The smallest absolute Gasteiger partial charge is 0.0107 e. The molecular formula is C12H19N3. The van der Waals surface area contributed by atoms with Crippen LogP contribution in [-0.4, -0.2) is 42.6 Å². The number of hydrogen-bond donors (Lipinski definition) is 2. The van der Waals surface area contributed by atoms with E-state index in [0.29, 0.717) is 0 Å². The van der Waals surface area contributed by atoms with Crippen LogP contribution in [0.5, 0.6) is 0 Å². The van der Waals surface area contributed by atoms with E-state index in [0.717, 1.165) is 19.5 Å². The number of hydrogen-bond acceptors (Lipinski definition) is 2. The minimum Gasteiger partial charge on any atom is -0.367 e. The first kappa shape index (κ1) is 10.5. The Morgan fingerprint density at radius 1 is 1.33 bits per heavy atom. The molecule has 0 radical (unpaired) electrons. The van der Waals surface area contributed by atoms with E-state index in [2.05, 4.69) is 33.4 Å². The zero-order chi connectivity index (χ0) is 10.3. The average Bonchev–Trinajstić information content (AvgIpc) is 2.79. The molecule has 0 saturated carbocycles. The molecule has 1 fully saturated rings. The maximum absolute atomic E-state index is 3.36. The number of piperazine rings is 1. The number of nitrogens with one attached hydrogen (secondary N) is 2. The van der Waals surface area contributed by atoms with E-state index in [1.54, 1.807) is 0 Å². The fraction of sp³-hybridized carbons (Fsp3) is 0.500. The summed E-state index contributed by atoms with van der Waals surface area (Å²) in [5, 5.41) is 3.36. The molecule has 2 rings (SSSR count). The fourth-order valence-corrected chi connectivity index (χ4v) is 1.85. The van der Waals surface area contributed by atoms with Gasteiger partial charge in [0.15, 0.2) is 0 Å². The van der Waals surface area contributed by atoms with Crippen LogP contribution >= 0.6 is 0 Å². The molecule has 0 atom stereocenters. The molecule has 2 heterocycles. The molecule has 3 heteroatoms. The normalized spacial score (nSPS) is 18.7. The third-order valence-electron chi connectivity index (χ3n) is 2.75. The summed E-state index contributed by atoms with van der Waals surface area (Å²) >= 11 is 0. The van der Waals surface area contributed by atoms with Crippen LogP contribution in [-0.2, 0) is 0 Å². The number of H-pyrrole nitrogens is 1. The van der Waals surface area contributed by atoms with E-state index in [-0.39, 0.29) is 0 Å². The second kappa shape index (κ2) is 5.73. The second-order valence-corrected chi connectivity index (χ2v) is 3.93. The highest BCUT2D eigenvalue weighted by Gasteiger charge is 2.06. The summed E-state index contributed by atoms with van der Waals surface area (Å²) in [6.45, 7) is 5.85. The SMILES string of the molecule is C(=C\c1cc[nH]c1)/CCN1CCNCC1. The fourth-order valence-electron chi connectivity index (χ4n) is 1.85. The Morgan fingerprint density at radius 2 is 2.20 bits per heavy atom. The number of aromatic amines is 1. The van der Waals surface area contributed by atoms with Gasteiger partial charge in [-0.25, -0.2) is 0 Å². The van der Waals surface area contributed by atoms with Gasteiger partial charge in [0, 0.05) is 45.1 Å². The van der Waals surface area contributed by atoms with Gasteiger partial charge in [-0.1, -0.05) is 12.2 Å². The molecule has 0 aliphatic carbocycles. The lowest BCUT2D eigenvalue weighted by molar-refractivity contribution is 0.245. The summed E-state index contributed by atoms with van der Waals surface area (Å²) in [4.78, 5) is 5.56. The van der Waals surface area contributed by atoms with Crippen LogP contribution in [0.3, 0.4) is 0 Å². The van der Waals surface area contributed by atoms with E-state index in [9.17, 15) is 0 Å². The average molecular weight is 205 g/mol. The molecule has 1 aromatic rings. The van der Waals surface area contributed by atoms with Crippen LogP contribution in [0.1, 0.15) is 12.0 Å². The number of nitrogens with zero attached hydrogens (tertiary/aromatic N) is 1. The van der Waals surface area contributed by atoms with Crippen LogP contribution < -0.4 is 5.32 Å². The Balaban J connectivity index is 1.65. The summed E-state index contributed by atoms with van der Waals surface area (Å²) in [7, 11) is 0. The van der Waals surface area contributed by atoms with Gasteiger partial charge in [0.2, 0.25) is 0 Å². The Hall–Kier alpha value is -1.06. The van der Waals surface area contributed by atoms with Crippen molar-refractivity contribution in [2.24, 2.45) is 0 Å². The van der Waals surface area contributed by atoms with Crippen LogP contribution in [0.2, 0.25) is 0 Å². The minimum atomic E-state index is 1.14. The van der Waals surface area contributed by atoms with E-state index in [1.165, 1.54) is 25.2 Å². The van der Waals surface area contributed by atoms with Crippen molar-refractivity contribution in [2.45, 2.75) is 6.42 Å². The molecule has 0 spiro atoms. The Morgan fingerprint density at radius 3 is 2.93 bits per heavy atom. The Kier molecular flexibility index (Phi) is 4.00. The first-order chi connectivity index (χ1) is 7.45. The molecule has 1 saturated heterocycles. The standard InChI is InChI=1S/C12H19N3/c1(3-12-4-5-14-11-12)2-8-15-9-6-13-7-10-15/h1,3-5,11,13-14H,2,6-10H2/b3-1+. The first-order valence-electron chi connectivity index (χ1n) is 5.67. The monoisotopic (exact) mass is 205 g/mol. The van der Waals surface area contributed by atoms with Gasteiger partial charge in [-0.3, -0.25) is 0 Å². The number of rotatable bonds is 4. The van der Waals surface area contributed by atoms with E-state index in [4.69, 9.17) is 0 Å². The Labute approximate surface area is 91.2 Å². The summed E-state index contributed by atoms with van der Waals surface area (Å²) < 4.78 is 0. The van der Waals surface area contributed by atoms with Crippen molar-refractivity contribution in [1.29, 1.82) is 0 Å². The molecule has 0 amide bonds. The third kappa shape index (κ3) is 3.53. The van der Waals surface area contributed by atoms with Crippen molar-refractivity contribution >= 4 is 6.08 Å². The molecule has 15 heavy (non-hydrogen) atoms. The Bertz CT molecular complexity index is 284. The maximum atomic E-state index is 3.36. The van der Waals surface area contributed by atoms with Crippen molar-refractivity contribution in [3.63, 3.8) is 0 Å². The van der Waals surface area contributed by atoms with Gasteiger partial charge in [0.1, 0.15) is 0 Å². The molecule has 1 aromatic heterocycles. The predicted octanol–water partition coefficient (Wildman–Crippen LogP) is 1.32. The highest BCUT2D eigenvalue weighted by molar-refractivity contribution is 5.47. The van der Waals surface area contributed by atoms with Crippen molar-refractivity contribution in [1.82, 2.24) is 15.2 Å². The highest BCUT2D eigenvalue weighted by atomic mass is 15.2. The van der Waals surface area contributed by atoms with Crippen LogP contribution in [0, 0.1) is 0 Å². The zero-order valence-corrected chi connectivity index (χ0v) is 9.08. The molecule has 0 bridgehead atoms. The molecule has 1 aliphatic rings. The summed E-state index contributed by atoms with van der Waals surface area (Å²) in [5.41, 5.74) is 1.26. The predicted molar refractivity (Wildman–Crippen MR) is 63.8 cm³/mol. The lowest BCUT2D eigenvalue weighted by atomic mass is 10.2. The van der Waals surface area contributed by atoms with Crippen molar-refractivity contribution in [3.8, 4) is 0 Å². The van der Waals surface area contributed by atoms with E-state index < -0.39 is 0 Å². The first-order valence-corrected chi connectivity index (χ1v) is 5.67. The highest BCUT2D eigenvalue weighted by Crippen LogP contribution is 2.01. The summed E-state index contributed by atoms with van der Waals surface area (Å²) in [6.07, 6.45) is 9.55. The summed E-state index contributed by atoms with van der Waals surface area (Å²) in [5.74, 6) is 0. The van der Waals surface area contributed by atoms with Gasteiger partial charge in [0.25, 0.3) is 0 Å². The molecular weight excluding hydrogens is 186 g/mol. The van der Waals surface area contributed by atoms with Crippen molar-refractivity contribution in [2.75, 3.05) is 32.7 Å². The van der Waals surface area contributed by atoms with E-state index >= 15 is 0 Å². The van der Waals surface area contributed by atoms with Gasteiger partial charge in [-0.2, -0.15) is 0 Å². The van der Waals surface area contributed by atoms with E-state index in [1.807, 2.05) is 12.4 Å². The van der Waals surface area contributed by atoms with Crippen molar-refractivity contribution < 1.29 is 0 Å². The topological polar surface area (TPSA) is 31.1 Å². The molecule has 3 nitrogen and oxygen atoms in total. The molecule has 1 aliphatic heterocycles. The maximum Gasteiger partial charge on any atom is 0.0107 e. The zero-order valence-electron chi connectivity index (χ0n) is 9.08. The van der Waals surface area contributed by atoms with Crippen LogP contribution in [0.4, 0.5) is 0 Å². The van der Waals surface area contributed by atoms with Gasteiger partial charge >= 0.3 is 0 Å².